The van der Waals surface area contributed by atoms with Crippen LogP contribution in [-0.2, 0) is 16.1 Å². The number of hydrogen-bond acceptors (Lipinski definition) is 5. The first kappa shape index (κ1) is 23.2. The quantitative estimate of drug-likeness (QED) is 0.493. The van der Waals surface area contributed by atoms with E-state index in [2.05, 4.69) is 5.32 Å². The van der Waals surface area contributed by atoms with Crippen LogP contribution in [0.1, 0.15) is 40.5 Å². The maximum absolute atomic E-state index is 12.8. The molecule has 2 atom stereocenters. The maximum atomic E-state index is 12.8. The molecule has 1 aliphatic heterocycles. The number of ether oxygens (including phenoxy) is 1. The highest BCUT2D eigenvalue weighted by molar-refractivity contribution is 5.87. The summed E-state index contributed by atoms with van der Waals surface area (Å²) in [5.74, 6) is -0.341. The molecule has 2 rings (SSSR count). The summed E-state index contributed by atoms with van der Waals surface area (Å²) >= 11 is 0. The molecule has 30 heavy (non-hydrogen) atoms. The predicted octanol–water partition coefficient (Wildman–Crippen LogP) is 1.08. The molecule has 0 saturated carbocycles. The molecule has 0 spiro atoms. The summed E-state index contributed by atoms with van der Waals surface area (Å²) in [6.07, 6.45) is 2.43. The molecule has 0 bridgehead atoms. The number of piperidine rings is 1. The maximum Gasteiger partial charge on any atom is 0.414 e. The molecule has 10 nitrogen and oxygen atoms in total. The standard InChI is InChI=1S/C20H32N6O4/c1-13-14(8-6-11-26(13)18(21)22)23-16(27)12-25-10-7-9-15(17(25)28)24(5)19(29)30-20(2,3)4/h7,9-10,13-14H,6,8,11-12H2,1-5H3,(H3,21,22)(H,23,27). The van der Waals surface area contributed by atoms with Gasteiger partial charge in [0, 0.05) is 31.9 Å². The van der Waals surface area contributed by atoms with Gasteiger partial charge in [0.25, 0.3) is 5.56 Å². The van der Waals surface area contributed by atoms with Crippen LogP contribution in [0.2, 0.25) is 0 Å². The number of likely N-dealkylation sites (tertiary alicyclic amines) is 1. The molecular weight excluding hydrogens is 388 g/mol. The number of aromatic nitrogens is 1. The number of guanidine groups is 1. The van der Waals surface area contributed by atoms with Gasteiger partial charge in [-0.25, -0.2) is 4.79 Å². The molecule has 4 N–H and O–H groups in total. The molecule has 166 valence electrons. The van der Waals surface area contributed by atoms with Crippen molar-refractivity contribution in [2.75, 3.05) is 18.5 Å². The molecular formula is C20H32N6O4. The molecule has 0 radical (unpaired) electrons. The molecule has 1 aromatic heterocycles. The van der Waals surface area contributed by atoms with Gasteiger partial charge in [-0.1, -0.05) is 0 Å². The summed E-state index contributed by atoms with van der Waals surface area (Å²) < 4.78 is 6.55. The van der Waals surface area contributed by atoms with E-state index < -0.39 is 17.3 Å². The van der Waals surface area contributed by atoms with Gasteiger partial charge in [0.15, 0.2) is 5.96 Å². The molecule has 1 fully saturated rings. The third-order valence-corrected chi connectivity index (χ3v) is 4.99. The molecule has 2 amide bonds. The zero-order valence-corrected chi connectivity index (χ0v) is 18.3. The molecule has 0 aromatic carbocycles. The number of nitrogens with one attached hydrogen (secondary N) is 2. The Hall–Kier alpha value is -3.04. The Labute approximate surface area is 176 Å². The average molecular weight is 421 g/mol. The lowest BCUT2D eigenvalue weighted by Crippen LogP contribution is -2.57. The Kier molecular flexibility index (Phi) is 7.12. The van der Waals surface area contributed by atoms with Crippen molar-refractivity contribution in [1.29, 1.82) is 5.41 Å². The Morgan fingerprint density at radius 2 is 2.07 bits per heavy atom. The van der Waals surface area contributed by atoms with Gasteiger partial charge in [0.1, 0.15) is 17.8 Å². The van der Waals surface area contributed by atoms with Crippen molar-refractivity contribution in [2.45, 2.75) is 64.8 Å². The minimum Gasteiger partial charge on any atom is -0.443 e. The zero-order valence-electron chi connectivity index (χ0n) is 18.3. The van der Waals surface area contributed by atoms with Gasteiger partial charge in [0.2, 0.25) is 5.91 Å². The van der Waals surface area contributed by atoms with Crippen molar-refractivity contribution in [3.05, 3.63) is 28.7 Å². The summed E-state index contributed by atoms with van der Waals surface area (Å²) in [6.45, 7) is 7.64. The lowest BCUT2D eigenvalue weighted by molar-refractivity contribution is -0.123. The van der Waals surface area contributed by atoms with Gasteiger partial charge in [-0.3, -0.25) is 19.9 Å². The van der Waals surface area contributed by atoms with Crippen molar-refractivity contribution in [2.24, 2.45) is 5.73 Å². The largest absolute Gasteiger partial charge is 0.443 e. The Morgan fingerprint density at radius 1 is 1.40 bits per heavy atom. The first-order valence-electron chi connectivity index (χ1n) is 9.97. The van der Waals surface area contributed by atoms with Crippen molar-refractivity contribution in [3.8, 4) is 0 Å². The van der Waals surface area contributed by atoms with E-state index in [9.17, 15) is 14.4 Å². The first-order chi connectivity index (χ1) is 13.9. The van der Waals surface area contributed by atoms with Crippen molar-refractivity contribution in [3.63, 3.8) is 0 Å². The molecule has 2 unspecified atom stereocenters. The van der Waals surface area contributed by atoms with Crippen LogP contribution in [0.25, 0.3) is 0 Å². The highest BCUT2D eigenvalue weighted by Crippen LogP contribution is 2.17. The molecule has 1 aromatic rings. The number of nitrogens with zero attached hydrogens (tertiary/aromatic N) is 3. The van der Waals surface area contributed by atoms with Crippen molar-refractivity contribution in [1.82, 2.24) is 14.8 Å². The minimum absolute atomic E-state index is 0.0180. The summed E-state index contributed by atoms with van der Waals surface area (Å²) in [7, 11) is 1.45. The number of amides is 2. The summed E-state index contributed by atoms with van der Waals surface area (Å²) in [6, 6.07) is 2.83. The average Bonchev–Trinajstić information content (AvgIpc) is 2.63. The number of anilines is 1. The van der Waals surface area contributed by atoms with Gasteiger partial charge in [-0.15, -0.1) is 0 Å². The van der Waals surface area contributed by atoms with E-state index in [1.165, 1.54) is 23.9 Å². The van der Waals surface area contributed by atoms with E-state index in [0.717, 1.165) is 17.7 Å². The van der Waals surface area contributed by atoms with Gasteiger partial charge in [-0.2, -0.15) is 0 Å². The van der Waals surface area contributed by atoms with Crippen LogP contribution in [0.4, 0.5) is 10.5 Å². The third-order valence-electron chi connectivity index (χ3n) is 4.99. The topological polar surface area (TPSA) is 134 Å². The van der Waals surface area contributed by atoms with Crippen LogP contribution in [0, 0.1) is 5.41 Å². The van der Waals surface area contributed by atoms with Gasteiger partial charge in [-0.05, 0) is 52.7 Å². The van der Waals surface area contributed by atoms with Crippen molar-refractivity contribution < 1.29 is 14.3 Å². The second kappa shape index (κ2) is 9.19. The van der Waals surface area contributed by atoms with Crippen LogP contribution in [0.15, 0.2) is 23.1 Å². The fraction of sp³-hybridized carbons (Fsp3) is 0.600. The Morgan fingerprint density at radius 3 is 2.67 bits per heavy atom. The SMILES string of the molecule is CC1C(NC(=O)Cn2cccc(N(C)C(=O)OC(C)(C)C)c2=O)CCCN1C(=N)N. The van der Waals surface area contributed by atoms with E-state index in [1.54, 1.807) is 31.7 Å². The third kappa shape index (κ3) is 5.74. The summed E-state index contributed by atoms with van der Waals surface area (Å²) in [4.78, 5) is 40.5. The first-order valence-corrected chi connectivity index (χ1v) is 9.97. The van der Waals surface area contributed by atoms with E-state index in [0.29, 0.717) is 6.54 Å². The Bertz CT molecular complexity index is 860. The lowest BCUT2D eigenvalue weighted by atomic mass is 9.97. The second-order valence-corrected chi connectivity index (χ2v) is 8.50. The minimum atomic E-state index is -0.691. The van der Waals surface area contributed by atoms with Gasteiger partial charge < -0.3 is 25.3 Å². The van der Waals surface area contributed by atoms with Crippen molar-refractivity contribution >= 4 is 23.6 Å². The molecule has 0 aliphatic carbocycles. The molecule has 1 saturated heterocycles. The monoisotopic (exact) mass is 420 g/mol. The van der Waals surface area contributed by atoms with Crippen LogP contribution < -0.4 is 21.5 Å². The molecule has 1 aliphatic rings. The van der Waals surface area contributed by atoms with Crippen LogP contribution >= 0.6 is 0 Å². The van der Waals surface area contributed by atoms with E-state index in [1.807, 2.05) is 6.92 Å². The number of rotatable bonds is 4. The summed E-state index contributed by atoms with van der Waals surface area (Å²) in [5.41, 5.74) is 4.57. The lowest BCUT2D eigenvalue weighted by Gasteiger charge is -2.39. The van der Waals surface area contributed by atoms with Gasteiger partial charge in [0.05, 0.1) is 0 Å². The predicted molar refractivity (Wildman–Crippen MR) is 115 cm³/mol. The zero-order chi connectivity index (χ0) is 22.6. The number of pyridine rings is 1. The van der Waals surface area contributed by atoms with E-state index in [4.69, 9.17) is 15.9 Å². The highest BCUT2D eigenvalue weighted by atomic mass is 16.6. The number of nitrogens with two attached hydrogens (primary N) is 1. The van der Waals surface area contributed by atoms with E-state index >= 15 is 0 Å². The molecule has 10 heteroatoms. The highest BCUT2D eigenvalue weighted by Gasteiger charge is 2.30. The summed E-state index contributed by atoms with van der Waals surface area (Å²) in [5, 5.41) is 10.6. The van der Waals surface area contributed by atoms with Gasteiger partial charge >= 0.3 is 6.09 Å². The fourth-order valence-electron chi connectivity index (χ4n) is 3.42. The number of hydrogen-bond donors (Lipinski definition) is 3. The smallest absolute Gasteiger partial charge is 0.414 e. The van der Waals surface area contributed by atoms with Crippen LogP contribution in [0.5, 0.6) is 0 Å². The van der Waals surface area contributed by atoms with Crippen LogP contribution in [0.3, 0.4) is 0 Å². The van der Waals surface area contributed by atoms with Crippen LogP contribution in [-0.4, -0.2) is 58.7 Å². The number of carbonyl (C=O) groups is 2. The normalized spacial score (nSPS) is 19.2. The second-order valence-electron chi connectivity index (χ2n) is 8.50. The Balaban J connectivity index is 2.09. The number of carbonyl (C=O) groups excluding carboxylic acids is 2. The molecule has 2 heterocycles. The fourth-order valence-corrected chi connectivity index (χ4v) is 3.42. The van der Waals surface area contributed by atoms with E-state index in [-0.39, 0.29) is 36.2 Å².